The molecule has 0 aromatic carbocycles. The first-order valence-corrected chi connectivity index (χ1v) is 11.7. The number of ether oxygens (including phenoxy) is 1. The summed E-state index contributed by atoms with van der Waals surface area (Å²) in [5, 5.41) is 5.52. The number of hydrogen-bond donors (Lipinski definition) is 2. The highest BCUT2D eigenvalue weighted by atomic mass is 28.2. The molecule has 160 valence electrons. The number of amides is 2. The second-order valence-electron chi connectivity index (χ2n) is 9.53. The molecule has 0 radical (unpaired) electrons. The summed E-state index contributed by atoms with van der Waals surface area (Å²) in [6.45, 7) is 18.4. The maximum atomic E-state index is 12.3. The molecule has 6 nitrogen and oxygen atoms in total. The topological polar surface area (TPSA) is 76.7 Å². The van der Waals surface area contributed by atoms with Gasteiger partial charge in [0.15, 0.2) is 9.76 Å². The van der Waals surface area contributed by atoms with Crippen molar-refractivity contribution >= 4 is 21.8 Å². The molecule has 0 heterocycles. The first-order chi connectivity index (χ1) is 12.3. The molecule has 1 atom stereocenters. The van der Waals surface area contributed by atoms with E-state index in [4.69, 9.17) is 9.16 Å². The van der Waals surface area contributed by atoms with E-state index in [-0.39, 0.29) is 35.8 Å². The fraction of sp³-hybridized carbons (Fsp3) is 0.900. The molecule has 0 rings (SSSR count). The van der Waals surface area contributed by atoms with E-state index in [1.165, 1.54) is 0 Å². The second kappa shape index (κ2) is 11.7. The van der Waals surface area contributed by atoms with Crippen LogP contribution < -0.4 is 10.6 Å². The van der Waals surface area contributed by atoms with Crippen LogP contribution in [0.5, 0.6) is 0 Å². The molecule has 0 aliphatic carbocycles. The van der Waals surface area contributed by atoms with Crippen molar-refractivity contribution in [3.8, 4) is 0 Å². The van der Waals surface area contributed by atoms with Gasteiger partial charge in [0.1, 0.15) is 5.60 Å². The number of rotatable bonds is 11. The van der Waals surface area contributed by atoms with Crippen LogP contribution in [0.15, 0.2) is 0 Å². The Morgan fingerprint density at radius 2 is 1.56 bits per heavy atom. The molecule has 0 aromatic rings. The lowest BCUT2D eigenvalue weighted by Gasteiger charge is -2.44. The molecule has 0 saturated carbocycles. The molecule has 0 aromatic heterocycles. The highest BCUT2D eigenvalue weighted by Crippen LogP contribution is 2.42. The zero-order valence-electron chi connectivity index (χ0n) is 18.8. The molecule has 0 spiro atoms. The summed E-state index contributed by atoms with van der Waals surface area (Å²) < 4.78 is 11.3. The number of esters is 1. The Morgan fingerprint density at radius 1 is 0.963 bits per heavy atom. The molecule has 0 saturated heterocycles. The predicted molar refractivity (Wildman–Crippen MR) is 114 cm³/mol. The SMILES string of the molecule is CCO[SiH2]CCCNC(=O)NCCC(=O)OC(C)(CC(C)(C)C)C(C)(C)C. The molecule has 1 unspecified atom stereocenters. The van der Waals surface area contributed by atoms with Gasteiger partial charge in [-0.05, 0) is 38.1 Å². The maximum absolute atomic E-state index is 12.3. The van der Waals surface area contributed by atoms with Crippen molar-refractivity contribution in [1.29, 1.82) is 0 Å². The Balaban J connectivity index is 4.24. The van der Waals surface area contributed by atoms with Crippen molar-refractivity contribution in [2.45, 2.75) is 86.3 Å². The van der Waals surface area contributed by atoms with Gasteiger partial charge in [0, 0.05) is 25.1 Å². The first-order valence-electron chi connectivity index (χ1n) is 10.1. The number of urea groups is 1. The average Bonchev–Trinajstić information content (AvgIpc) is 2.47. The number of carbonyl (C=O) groups excluding carboxylic acids is 2. The lowest BCUT2D eigenvalue weighted by molar-refractivity contribution is -0.175. The van der Waals surface area contributed by atoms with Gasteiger partial charge in [-0.3, -0.25) is 4.79 Å². The average molecular weight is 403 g/mol. The Hall–Kier alpha value is -1.08. The smallest absolute Gasteiger partial charge is 0.314 e. The van der Waals surface area contributed by atoms with Crippen LogP contribution >= 0.6 is 0 Å². The van der Waals surface area contributed by atoms with Crippen LogP contribution in [0.1, 0.15) is 74.7 Å². The number of carbonyl (C=O) groups is 2. The van der Waals surface area contributed by atoms with Gasteiger partial charge in [-0.2, -0.15) is 0 Å². The summed E-state index contributed by atoms with van der Waals surface area (Å²) in [5.41, 5.74) is -0.688. The molecule has 0 aliphatic rings. The second-order valence-corrected chi connectivity index (χ2v) is 11.1. The predicted octanol–water partition coefficient (Wildman–Crippen LogP) is 3.39. The molecule has 0 bridgehead atoms. The summed E-state index contributed by atoms with van der Waals surface area (Å²) in [4.78, 5) is 24.1. The van der Waals surface area contributed by atoms with E-state index >= 15 is 0 Å². The van der Waals surface area contributed by atoms with Crippen molar-refractivity contribution in [2.75, 3.05) is 19.7 Å². The van der Waals surface area contributed by atoms with Crippen LogP contribution in [0.2, 0.25) is 6.04 Å². The fourth-order valence-corrected chi connectivity index (χ4v) is 3.73. The van der Waals surface area contributed by atoms with Crippen molar-refractivity contribution in [2.24, 2.45) is 10.8 Å². The van der Waals surface area contributed by atoms with Gasteiger partial charge < -0.3 is 19.8 Å². The van der Waals surface area contributed by atoms with Crippen LogP contribution in [0, 0.1) is 10.8 Å². The Labute approximate surface area is 168 Å². The summed E-state index contributed by atoms with van der Waals surface area (Å²) in [7, 11) is -0.434. The highest BCUT2D eigenvalue weighted by molar-refractivity contribution is 6.26. The molecule has 27 heavy (non-hydrogen) atoms. The highest BCUT2D eigenvalue weighted by Gasteiger charge is 2.43. The first kappa shape index (κ1) is 25.9. The molecule has 0 aliphatic heterocycles. The van der Waals surface area contributed by atoms with E-state index in [1.807, 2.05) is 13.8 Å². The van der Waals surface area contributed by atoms with E-state index in [9.17, 15) is 9.59 Å². The maximum Gasteiger partial charge on any atom is 0.314 e. The van der Waals surface area contributed by atoms with E-state index in [1.54, 1.807) is 0 Å². The van der Waals surface area contributed by atoms with E-state index < -0.39 is 15.4 Å². The zero-order valence-corrected chi connectivity index (χ0v) is 20.2. The Morgan fingerprint density at radius 3 is 2.07 bits per heavy atom. The number of nitrogens with one attached hydrogen (secondary N) is 2. The lowest BCUT2D eigenvalue weighted by atomic mass is 9.69. The van der Waals surface area contributed by atoms with Gasteiger partial charge in [0.05, 0.1) is 6.42 Å². The monoisotopic (exact) mass is 402 g/mol. The third kappa shape index (κ3) is 12.1. The van der Waals surface area contributed by atoms with Crippen molar-refractivity contribution < 1.29 is 18.8 Å². The van der Waals surface area contributed by atoms with Crippen molar-refractivity contribution in [3.63, 3.8) is 0 Å². The van der Waals surface area contributed by atoms with E-state index in [0.29, 0.717) is 6.54 Å². The summed E-state index contributed by atoms with van der Waals surface area (Å²) >= 11 is 0. The van der Waals surface area contributed by atoms with Crippen LogP contribution in [-0.4, -0.2) is 47.1 Å². The standard InChI is InChI=1S/C20H42N2O4Si/c1-9-25-27-14-10-12-21-17(24)22-13-11-16(23)26-20(8,19(5,6)7)15-18(2,3)4/h9-15,27H2,1-8H3,(H2,21,22,24). The van der Waals surface area contributed by atoms with Crippen LogP contribution in [0.4, 0.5) is 4.79 Å². The Bertz CT molecular complexity index is 458. The molecule has 0 fully saturated rings. The Kier molecular flexibility index (Phi) is 11.2. The van der Waals surface area contributed by atoms with Gasteiger partial charge >= 0.3 is 12.0 Å². The van der Waals surface area contributed by atoms with Gasteiger partial charge in [-0.15, -0.1) is 0 Å². The van der Waals surface area contributed by atoms with E-state index in [2.05, 4.69) is 52.2 Å². The number of hydrogen-bond acceptors (Lipinski definition) is 4. The summed E-state index contributed by atoms with van der Waals surface area (Å²) in [5.74, 6) is -0.278. The van der Waals surface area contributed by atoms with Crippen molar-refractivity contribution in [1.82, 2.24) is 10.6 Å². The minimum Gasteiger partial charge on any atom is -0.459 e. The quantitative estimate of drug-likeness (QED) is 0.315. The zero-order chi connectivity index (χ0) is 21.1. The van der Waals surface area contributed by atoms with Crippen LogP contribution in [0.3, 0.4) is 0 Å². The lowest BCUT2D eigenvalue weighted by Crippen LogP contribution is -2.47. The molecule has 2 amide bonds. The van der Waals surface area contributed by atoms with Crippen molar-refractivity contribution in [3.05, 3.63) is 0 Å². The molecule has 7 heteroatoms. The summed E-state index contributed by atoms with van der Waals surface area (Å²) in [6, 6.07) is 0.814. The van der Waals surface area contributed by atoms with E-state index in [0.717, 1.165) is 25.5 Å². The summed E-state index contributed by atoms with van der Waals surface area (Å²) in [6.07, 6.45) is 1.87. The minimum atomic E-state index is -0.560. The van der Waals surface area contributed by atoms with Crippen LogP contribution in [-0.2, 0) is 14.0 Å². The van der Waals surface area contributed by atoms with Gasteiger partial charge in [0.25, 0.3) is 0 Å². The van der Waals surface area contributed by atoms with Gasteiger partial charge in [-0.25, -0.2) is 4.79 Å². The van der Waals surface area contributed by atoms with Gasteiger partial charge in [0.2, 0.25) is 0 Å². The normalized spacial score (nSPS) is 14.8. The molecule has 2 N–H and O–H groups in total. The fourth-order valence-electron chi connectivity index (χ4n) is 2.78. The largest absolute Gasteiger partial charge is 0.459 e. The third-order valence-electron chi connectivity index (χ3n) is 4.61. The molecular formula is C20H42N2O4Si. The molecular weight excluding hydrogens is 360 g/mol. The van der Waals surface area contributed by atoms with Crippen LogP contribution in [0.25, 0.3) is 0 Å². The third-order valence-corrected chi connectivity index (χ3v) is 6.10. The minimum absolute atomic E-state index is 0.0471. The van der Waals surface area contributed by atoms with Gasteiger partial charge in [-0.1, -0.05) is 41.5 Å².